The predicted octanol–water partition coefficient (Wildman–Crippen LogP) is 1.96. The van der Waals surface area contributed by atoms with Crippen molar-refractivity contribution < 1.29 is 23.7 Å². The van der Waals surface area contributed by atoms with E-state index in [1.54, 1.807) is 21.3 Å². The second kappa shape index (κ2) is 5.82. The number of esters is 1. The van der Waals surface area contributed by atoms with E-state index in [0.29, 0.717) is 30.1 Å². The molecule has 0 amide bonds. The number of hydrogen-bond acceptors (Lipinski definition) is 5. The molecule has 0 saturated carbocycles. The summed E-state index contributed by atoms with van der Waals surface area (Å²) in [6, 6.07) is 3.74. The maximum absolute atomic E-state index is 11.1. The molecule has 1 unspecified atom stereocenters. The third-order valence-electron chi connectivity index (χ3n) is 3.20. The Balaban J connectivity index is 2.27. The van der Waals surface area contributed by atoms with Crippen molar-refractivity contribution in [1.29, 1.82) is 0 Å². The summed E-state index contributed by atoms with van der Waals surface area (Å²) in [5.74, 6) is 1.67. The zero-order chi connectivity index (χ0) is 13.8. The number of carbonyl (C=O) groups excluding carboxylic acids is 1. The molecule has 0 bridgehead atoms. The van der Waals surface area contributed by atoms with Crippen molar-refractivity contribution in [3.8, 4) is 17.2 Å². The van der Waals surface area contributed by atoms with Gasteiger partial charge in [0.15, 0.2) is 11.5 Å². The van der Waals surface area contributed by atoms with Crippen LogP contribution in [0.15, 0.2) is 12.1 Å². The van der Waals surface area contributed by atoms with Crippen LogP contribution in [0.3, 0.4) is 0 Å². The summed E-state index contributed by atoms with van der Waals surface area (Å²) in [6.45, 7) is 0. The lowest BCUT2D eigenvalue weighted by Crippen LogP contribution is -2.11. The molecule has 1 aliphatic rings. The second-order valence-corrected chi connectivity index (χ2v) is 4.35. The van der Waals surface area contributed by atoms with Crippen molar-refractivity contribution in [2.75, 3.05) is 21.3 Å². The van der Waals surface area contributed by atoms with Gasteiger partial charge in [-0.25, -0.2) is 0 Å². The molecule has 19 heavy (non-hydrogen) atoms. The van der Waals surface area contributed by atoms with Crippen LogP contribution in [0.25, 0.3) is 0 Å². The van der Waals surface area contributed by atoms with Gasteiger partial charge in [-0.1, -0.05) is 6.07 Å². The Morgan fingerprint density at radius 1 is 1.16 bits per heavy atom. The summed E-state index contributed by atoms with van der Waals surface area (Å²) < 4.78 is 21.2. The Labute approximate surface area is 112 Å². The molecule has 1 aromatic rings. The molecule has 1 heterocycles. The van der Waals surface area contributed by atoms with Crippen LogP contribution in [0, 0.1) is 0 Å². The van der Waals surface area contributed by atoms with Gasteiger partial charge in [-0.3, -0.25) is 4.79 Å². The van der Waals surface area contributed by atoms with E-state index < -0.39 is 0 Å². The van der Waals surface area contributed by atoms with Crippen LogP contribution in [0.2, 0.25) is 0 Å². The van der Waals surface area contributed by atoms with Gasteiger partial charge in [0, 0.05) is 18.4 Å². The third kappa shape index (κ3) is 2.75. The van der Waals surface area contributed by atoms with Crippen molar-refractivity contribution in [3.05, 3.63) is 17.7 Å². The van der Waals surface area contributed by atoms with E-state index in [-0.39, 0.29) is 12.1 Å². The quantitative estimate of drug-likeness (QED) is 0.762. The summed E-state index contributed by atoms with van der Waals surface area (Å²) in [7, 11) is 4.73. The van der Waals surface area contributed by atoms with E-state index in [2.05, 4.69) is 0 Å². The molecule has 1 aromatic carbocycles. The molecule has 1 fully saturated rings. The first-order valence-corrected chi connectivity index (χ1v) is 6.17. The molecule has 0 radical (unpaired) electrons. The van der Waals surface area contributed by atoms with E-state index in [1.165, 1.54) is 0 Å². The fourth-order valence-corrected chi connectivity index (χ4v) is 2.30. The largest absolute Gasteiger partial charge is 0.493 e. The number of rotatable bonds is 5. The highest BCUT2D eigenvalue weighted by Gasteiger charge is 2.26. The van der Waals surface area contributed by atoms with E-state index in [9.17, 15) is 4.79 Å². The lowest BCUT2D eigenvalue weighted by Gasteiger charge is -2.17. The highest BCUT2D eigenvalue weighted by molar-refractivity contribution is 5.71. The first-order valence-electron chi connectivity index (χ1n) is 6.17. The third-order valence-corrected chi connectivity index (χ3v) is 3.20. The molecule has 2 rings (SSSR count). The highest BCUT2D eigenvalue weighted by Crippen LogP contribution is 2.40. The first-order chi connectivity index (χ1) is 9.19. The van der Waals surface area contributed by atoms with Gasteiger partial charge in [0.1, 0.15) is 6.10 Å². The summed E-state index contributed by atoms with van der Waals surface area (Å²) in [5, 5.41) is 0. The fourth-order valence-electron chi connectivity index (χ4n) is 2.30. The number of hydrogen-bond donors (Lipinski definition) is 0. The summed E-state index contributed by atoms with van der Waals surface area (Å²) >= 11 is 0. The van der Waals surface area contributed by atoms with Crippen LogP contribution in [0.1, 0.15) is 18.4 Å². The van der Waals surface area contributed by atoms with Crippen LogP contribution >= 0.6 is 0 Å². The van der Waals surface area contributed by atoms with E-state index in [0.717, 1.165) is 12.0 Å². The van der Waals surface area contributed by atoms with Crippen LogP contribution in [0.5, 0.6) is 17.2 Å². The minimum absolute atomic E-state index is 0.0838. The Hall–Kier alpha value is -1.91. The summed E-state index contributed by atoms with van der Waals surface area (Å²) in [6.07, 6.45) is 1.77. The molecule has 1 aliphatic heterocycles. The van der Waals surface area contributed by atoms with Gasteiger partial charge in [0.2, 0.25) is 5.75 Å². The molecular weight excluding hydrogens is 248 g/mol. The van der Waals surface area contributed by atoms with Gasteiger partial charge in [-0.2, -0.15) is 0 Å². The smallest absolute Gasteiger partial charge is 0.306 e. The van der Waals surface area contributed by atoms with Crippen molar-refractivity contribution in [3.63, 3.8) is 0 Å². The number of cyclic esters (lactones) is 1. The molecule has 1 saturated heterocycles. The Kier molecular flexibility index (Phi) is 4.14. The van der Waals surface area contributed by atoms with Gasteiger partial charge in [-0.05, 0) is 12.5 Å². The fraction of sp³-hybridized carbons (Fsp3) is 0.500. The lowest BCUT2D eigenvalue weighted by atomic mass is 10.0. The van der Waals surface area contributed by atoms with Crippen LogP contribution in [0.4, 0.5) is 0 Å². The Morgan fingerprint density at radius 3 is 2.42 bits per heavy atom. The van der Waals surface area contributed by atoms with Crippen LogP contribution in [-0.2, 0) is 16.0 Å². The minimum Gasteiger partial charge on any atom is -0.493 e. The van der Waals surface area contributed by atoms with Crippen molar-refractivity contribution in [2.45, 2.75) is 25.4 Å². The zero-order valence-electron chi connectivity index (χ0n) is 11.4. The molecule has 0 aliphatic carbocycles. The van der Waals surface area contributed by atoms with Gasteiger partial charge in [-0.15, -0.1) is 0 Å². The minimum atomic E-state index is -0.135. The molecule has 1 atom stereocenters. The Morgan fingerprint density at radius 2 is 1.89 bits per heavy atom. The average Bonchev–Trinajstić information content (AvgIpc) is 2.83. The molecule has 0 spiro atoms. The first kappa shape index (κ1) is 13.5. The number of ether oxygens (including phenoxy) is 4. The molecule has 5 heteroatoms. The number of benzene rings is 1. The van der Waals surface area contributed by atoms with Crippen molar-refractivity contribution in [1.82, 2.24) is 0 Å². The Bertz CT molecular complexity index is 469. The second-order valence-electron chi connectivity index (χ2n) is 4.35. The monoisotopic (exact) mass is 266 g/mol. The standard InChI is InChI=1S/C14H18O5/c1-16-11-6-4-9(13(17-2)14(11)18-3)8-10-5-7-12(15)19-10/h4,6,10H,5,7-8H2,1-3H3. The zero-order valence-corrected chi connectivity index (χ0v) is 11.4. The topological polar surface area (TPSA) is 54.0 Å². The molecule has 0 aromatic heterocycles. The summed E-state index contributed by atoms with van der Waals surface area (Å²) in [4.78, 5) is 11.1. The highest BCUT2D eigenvalue weighted by atomic mass is 16.6. The van der Waals surface area contributed by atoms with Gasteiger partial charge < -0.3 is 18.9 Å². The van der Waals surface area contributed by atoms with Gasteiger partial charge in [0.25, 0.3) is 0 Å². The maximum atomic E-state index is 11.1. The maximum Gasteiger partial charge on any atom is 0.306 e. The van der Waals surface area contributed by atoms with E-state index in [4.69, 9.17) is 18.9 Å². The predicted molar refractivity (Wildman–Crippen MR) is 68.9 cm³/mol. The number of methoxy groups -OCH3 is 3. The van der Waals surface area contributed by atoms with Crippen LogP contribution in [-0.4, -0.2) is 33.4 Å². The van der Waals surface area contributed by atoms with Crippen LogP contribution < -0.4 is 14.2 Å². The molecule has 0 N–H and O–H groups in total. The normalized spacial score (nSPS) is 18.1. The van der Waals surface area contributed by atoms with Gasteiger partial charge in [0.05, 0.1) is 21.3 Å². The van der Waals surface area contributed by atoms with Gasteiger partial charge >= 0.3 is 5.97 Å². The summed E-state index contributed by atoms with van der Waals surface area (Å²) in [5.41, 5.74) is 0.944. The number of carbonyl (C=O) groups is 1. The average molecular weight is 266 g/mol. The lowest BCUT2D eigenvalue weighted by molar-refractivity contribution is -0.141. The SMILES string of the molecule is COc1ccc(CC2CCC(=O)O2)c(OC)c1OC. The van der Waals surface area contributed by atoms with Crippen molar-refractivity contribution >= 4 is 5.97 Å². The van der Waals surface area contributed by atoms with Crippen molar-refractivity contribution in [2.24, 2.45) is 0 Å². The molecule has 104 valence electrons. The molecular formula is C14H18O5. The van der Waals surface area contributed by atoms with E-state index in [1.807, 2.05) is 12.1 Å². The van der Waals surface area contributed by atoms with E-state index >= 15 is 0 Å². The molecule has 5 nitrogen and oxygen atoms in total.